The summed E-state index contributed by atoms with van der Waals surface area (Å²) >= 11 is 1.83. The van der Waals surface area contributed by atoms with Crippen LogP contribution in [0.2, 0.25) is 0 Å². The van der Waals surface area contributed by atoms with E-state index in [1.54, 1.807) is 7.11 Å². The second kappa shape index (κ2) is 7.22. The minimum atomic E-state index is 0.757. The highest BCUT2D eigenvalue weighted by Crippen LogP contribution is 2.33. The second-order valence-electron chi connectivity index (χ2n) is 5.16. The number of ether oxygens (including phenoxy) is 1. The van der Waals surface area contributed by atoms with Crippen LogP contribution in [0.4, 0.5) is 5.13 Å². The van der Waals surface area contributed by atoms with Crippen LogP contribution in [-0.4, -0.2) is 38.3 Å². The fourth-order valence-electron chi connectivity index (χ4n) is 2.04. The number of methoxy groups -OCH3 is 1. The van der Waals surface area contributed by atoms with Gasteiger partial charge in [0.15, 0.2) is 5.13 Å². The van der Waals surface area contributed by atoms with Gasteiger partial charge >= 0.3 is 0 Å². The van der Waals surface area contributed by atoms with Crippen LogP contribution in [0.5, 0.6) is 0 Å². The number of hydrogen-bond acceptors (Lipinski definition) is 5. The standard InChI is InChI=1S/C14H25N3OS/c1-4-17(10-12-5-6-12)14-16-11(2)13(19-14)9-15-7-8-18-3/h12,15H,4-10H2,1-3H3. The molecular weight excluding hydrogens is 258 g/mol. The molecule has 19 heavy (non-hydrogen) atoms. The second-order valence-corrected chi connectivity index (χ2v) is 6.22. The van der Waals surface area contributed by atoms with Crippen LogP contribution in [0.15, 0.2) is 0 Å². The highest BCUT2D eigenvalue weighted by molar-refractivity contribution is 7.15. The molecule has 0 atom stereocenters. The van der Waals surface area contributed by atoms with Gasteiger partial charge in [0.2, 0.25) is 0 Å². The number of anilines is 1. The first-order chi connectivity index (χ1) is 9.24. The summed E-state index contributed by atoms with van der Waals surface area (Å²) in [7, 11) is 1.73. The maximum Gasteiger partial charge on any atom is 0.185 e. The van der Waals surface area contributed by atoms with Crippen LogP contribution in [-0.2, 0) is 11.3 Å². The predicted molar refractivity (Wildman–Crippen MR) is 81.0 cm³/mol. The van der Waals surface area contributed by atoms with Gasteiger partial charge in [0.05, 0.1) is 12.3 Å². The van der Waals surface area contributed by atoms with Crippen LogP contribution < -0.4 is 10.2 Å². The number of rotatable bonds is 9. The SMILES string of the molecule is CCN(CC1CC1)c1nc(C)c(CNCCOC)s1. The van der Waals surface area contributed by atoms with Crippen LogP contribution in [0, 0.1) is 12.8 Å². The third kappa shape index (κ3) is 4.44. The van der Waals surface area contributed by atoms with Crippen molar-refractivity contribution in [2.24, 2.45) is 5.92 Å². The summed E-state index contributed by atoms with van der Waals surface area (Å²) in [6.45, 7) is 9.11. The lowest BCUT2D eigenvalue weighted by atomic mass is 10.4. The zero-order valence-electron chi connectivity index (χ0n) is 12.2. The van der Waals surface area contributed by atoms with Gasteiger partial charge in [-0.3, -0.25) is 0 Å². The molecule has 0 amide bonds. The van der Waals surface area contributed by atoms with E-state index >= 15 is 0 Å². The maximum absolute atomic E-state index is 5.04. The monoisotopic (exact) mass is 283 g/mol. The van der Waals surface area contributed by atoms with Gasteiger partial charge in [-0.05, 0) is 32.6 Å². The Hall–Kier alpha value is -0.650. The molecule has 0 bridgehead atoms. The summed E-state index contributed by atoms with van der Waals surface area (Å²) in [4.78, 5) is 8.51. The Morgan fingerprint density at radius 1 is 1.47 bits per heavy atom. The molecule has 1 aliphatic carbocycles. The summed E-state index contributed by atoms with van der Waals surface area (Å²) in [6.07, 6.45) is 2.79. The van der Waals surface area contributed by atoms with Crippen molar-refractivity contribution in [3.8, 4) is 0 Å². The van der Waals surface area contributed by atoms with E-state index in [-0.39, 0.29) is 0 Å². The summed E-state index contributed by atoms with van der Waals surface area (Å²) in [5.74, 6) is 0.910. The molecule has 1 fully saturated rings. The van der Waals surface area contributed by atoms with Crippen molar-refractivity contribution >= 4 is 16.5 Å². The number of thiazole rings is 1. The lowest BCUT2D eigenvalue weighted by Gasteiger charge is -2.19. The molecule has 0 aromatic carbocycles. The Bertz CT molecular complexity index is 390. The number of aryl methyl sites for hydroxylation is 1. The van der Waals surface area contributed by atoms with Gasteiger partial charge in [-0.15, -0.1) is 11.3 Å². The molecule has 0 unspecified atom stereocenters. The topological polar surface area (TPSA) is 37.4 Å². The molecule has 1 N–H and O–H groups in total. The molecule has 1 aromatic heterocycles. The van der Waals surface area contributed by atoms with Crippen LogP contribution in [0.1, 0.15) is 30.3 Å². The summed E-state index contributed by atoms with van der Waals surface area (Å²) < 4.78 is 5.04. The van der Waals surface area contributed by atoms with Crippen LogP contribution in [0.3, 0.4) is 0 Å². The number of nitrogens with one attached hydrogen (secondary N) is 1. The van der Waals surface area contributed by atoms with Gasteiger partial charge < -0.3 is 15.0 Å². The first-order valence-electron chi connectivity index (χ1n) is 7.15. The average molecular weight is 283 g/mol. The van der Waals surface area contributed by atoms with Crippen molar-refractivity contribution in [2.45, 2.75) is 33.2 Å². The van der Waals surface area contributed by atoms with E-state index in [9.17, 15) is 0 Å². The fourth-order valence-corrected chi connectivity index (χ4v) is 3.15. The van der Waals surface area contributed by atoms with E-state index in [1.165, 1.54) is 35.1 Å². The number of nitrogens with zero attached hydrogens (tertiary/aromatic N) is 2. The van der Waals surface area contributed by atoms with Crippen LogP contribution in [0.25, 0.3) is 0 Å². The molecule has 0 radical (unpaired) electrons. The molecular formula is C14H25N3OS. The molecule has 0 spiro atoms. The minimum absolute atomic E-state index is 0.757. The van der Waals surface area contributed by atoms with Gasteiger partial charge in [-0.2, -0.15) is 0 Å². The van der Waals surface area contributed by atoms with E-state index in [4.69, 9.17) is 9.72 Å². The Kier molecular flexibility index (Phi) is 5.60. The first kappa shape index (κ1) is 14.8. The Labute approximate surface area is 120 Å². The zero-order valence-corrected chi connectivity index (χ0v) is 13.1. The van der Waals surface area contributed by atoms with E-state index in [0.717, 1.165) is 32.2 Å². The average Bonchev–Trinajstić information content (AvgIpc) is 3.15. The smallest absolute Gasteiger partial charge is 0.185 e. The first-order valence-corrected chi connectivity index (χ1v) is 7.97. The van der Waals surface area contributed by atoms with Crippen molar-refractivity contribution in [3.05, 3.63) is 10.6 Å². The summed E-state index contributed by atoms with van der Waals surface area (Å²) in [5, 5.41) is 4.58. The lowest BCUT2D eigenvalue weighted by molar-refractivity contribution is 0.199. The van der Waals surface area contributed by atoms with Gasteiger partial charge in [-0.25, -0.2) is 4.98 Å². The number of hydrogen-bond donors (Lipinski definition) is 1. The van der Waals surface area contributed by atoms with E-state index in [1.807, 2.05) is 11.3 Å². The Morgan fingerprint density at radius 3 is 2.89 bits per heavy atom. The number of aromatic nitrogens is 1. The summed E-state index contributed by atoms with van der Waals surface area (Å²) in [6, 6.07) is 0. The molecule has 1 aliphatic rings. The van der Waals surface area contributed by atoms with Gasteiger partial charge in [0.25, 0.3) is 0 Å². The minimum Gasteiger partial charge on any atom is -0.383 e. The van der Waals surface area contributed by atoms with Crippen molar-refractivity contribution in [2.75, 3.05) is 38.3 Å². The van der Waals surface area contributed by atoms with Gasteiger partial charge in [0, 0.05) is 38.2 Å². The fraction of sp³-hybridized carbons (Fsp3) is 0.786. The van der Waals surface area contributed by atoms with E-state index in [0.29, 0.717) is 0 Å². The Morgan fingerprint density at radius 2 is 2.26 bits per heavy atom. The van der Waals surface area contributed by atoms with E-state index in [2.05, 4.69) is 24.1 Å². The summed E-state index contributed by atoms with van der Waals surface area (Å²) in [5.41, 5.74) is 1.17. The Balaban J connectivity index is 1.90. The van der Waals surface area contributed by atoms with Crippen molar-refractivity contribution in [3.63, 3.8) is 0 Å². The molecule has 1 heterocycles. The van der Waals surface area contributed by atoms with Crippen molar-refractivity contribution < 1.29 is 4.74 Å². The van der Waals surface area contributed by atoms with Crippen LogP contribution >= 0.6 is 11.3 Å². The predicted octanol–water partition coefficient (Wildman–Crippen LogP) is 2.42. The molecule has 1 aromatic rings. The lowest BCUT2D eigenvalue weighted by Crippen LogP contribution is -2.24. The molecule has 2 rings (SSSR count). The van der Waals surface area contributed by atoms with E-state index < -0.39 is 0 Å². The molecule has 1 saturated carbocycles. The van der Waals surface area contributed by atoms with Gasteiger partial charge in [-0.1, -0.05) is 0 Å². The molecule has 0 aliphatic heterocycles. The zero-order chi connectivity index (χ0) is 13.7. The highest BCUT2D eigenvalue weighted by Gasteiger charge is 2.25. The quantitative estimate of drug-likeness (QED) is 0.706. The van der Waals surface area contributed by atoms with Crippen molar-refractivity contribution in [1.29, 1.82) is 0 Å². The van der Waals surface area contributed by atoms with Crippen molar-refractivity contribution in [1.82, 2.24) is 10.3 Å². The largest absolute Gasteiger partial charge is 0.383 e. The maximum atomic E-state index is 5.04. The highest BCUT2D eigenvalue weighted by atomic mass is 32.1. The molecule has 4 nitrogen and oxygen atoms in total. The molecule has 108 valence electrons. The van der Waals surface area contributed by atoms with Gasteiger partial charge in [0.1, 0.15) is 0 Å². The third-order valence-electron chi connectivity index (χ3n) is 3.48. The third-order valence-corrected chi connectivity index (χ3v) is 4.70. The molecule has 5 heteroatoms. The normalized spacial score (nSPS) is 14.9. The molecule has 0 saturated heterocycles.